The van der Waals surface area contributed by atoms with Gasteiger partial charge in [-0.05, 0) is 62.4 Å². The molecule has 8 heteroatoms. The number of cyclic esters (lactones) is 1. The summed E-state index contributed by atoms with van der Waals surface area (Å²) in [5.41, 5.74) is 1.33. The Hall–Kier alpha value is -3.81. The summed E-state index contributed by atoms with van der Waals surface area (Å²) in [6.07, 6.45) is 6.45. The smallest absolute Gasteiger partial charge is 0.342 e. The summed E-state index contributed by atoms with van der Waals surface area (Å²) < 4.78 is 22.1. The van der Waals surface area contributed by atoms with Gasteiger partial charge in [0.1, 0.15) is 34.3 Å². The standard InChI is InChI=1S/C29H32O8/c1-17-8-7-11-19(30)10-6-4-5-9-18-14-24-27(28(32)26(18)29(33)36-17)22(16-25(31)37-24)21-15-20(34-2)12-13-23(21)35-3/h5,9,12-15,17,22,32H,4,6-8,10-11,16H2,1-3H3/t17-,22-/m1/s1. The van der Waals surface area contributed by atoms with Crippen molar-refractivity contribution in [2.24, 2.45) is 0 Å². The first-order valence-corrected chi connectivity index (χ1v) is 12.5. The van der Waals surface area contributed by atoms with Crippen molar-refractivity contribution in [1.29, 1.82) is 0 Å². The third-order valence-corrected chi connectivity index (χ3v) is 6.79. The lowest BCUT2D eigenvalue weighted by molar-refractivity contribution is -0.135. The summed E-state index contributed by atoms with van der Waals surface area (Å²) in [4.78, 5) is 38.1. The summed E-state index contributed by atoms with van der Waals surface area (Å²) in [7, 11) is 3.06. The number of allylic oxidation sites excluding steroid dienone is 1. The fraction of sp³-hybridized carbons (Fsp3) is 0.414. The van der Waals surface area contributed by atoms with Gasteiger partial charge in [0.2, 0.25) is 0 Å². The highest BCUT2D eigenvalue weighted by Crippen LogP contribution is 2.49. The van der Waals surface area contributed by atoms with Gasteiger partial charge in [-0.2, -0.15) is 0 Å². The molecule has 0 unspecified atom stereocenters. The predicted octanol–water partition coefficient (Wildman–Crippen LogP) is 5.33. The Morgan fingerprint density at radius 1 is 1.03 bits per heavy atom. The van der Waals surface area contributed by atoms with Gasteiger partial charge in [0, 0.05) is 29.9 Å². The zero-order chi connectivity index (χ0) is 26.5. The molecule has 0 fully saturated rings. The minimum absolute atomic E-state index is 0.0137. The normalized spacial score (nSPS) is 20.7. The number of rotatable bonds is 3. The number of phenolic OH excluding ortho intramolecular Hbond substituents is 1. The zero-order valence-corrected chi connectivity index (χ0v) is 21.4. The number of methoxy groups -OCH3 is 2. The highest BCUT2D eigenvalue weighted by atomic mass is 16.5. The van der Waals surface area contributed by atoms with Crippen molar-refractivity contribution in [2.45, 2.75) is 63.9 Å². The van der Waals surface area contributed by atoms with E-state index in [0.717, 1.165) is 0 Å². The molecular weight excluding hydrogens is 476 g/mol. The van der Waals surface area contributed by atoms with Crippen LogP contribution in [-0.2, 0) is 14.3 Å². The van der Waals surface area contributed by atoms with Gasteiger partial charge in [-0.15, -0.1) is 0 Å². The number of benzene rings is 2. The Morgan fingerprint density at radius 2 is 1.81 bits per heavy atom. The van der Waals surface area contributed by atoms with E-state index in [1.165, 1.54) is 14.2 Å². The highest BCUT2D eigenvalue weighted by Gasteiger charge is 2.37. The van der Waals surface area contributed by atoms with Gasteiger partial charge in [-0.1, -0.05) is 12.2 Å². The van der Waals surface area contributed by atoms with Gasteiger partial charge in [-0.25, -0.2) is 4.79 Å². The lowest BCUT2D eigenvalue weighted by Crippen LogP contribution is -2.23. The number of fused-ring (bicyclic) bond motifs is 2. The summed E-state index contributed by atoms with van der Waals surface area (Å²) in [5, 5.41) is 11.5. The molecule has 2 aliphatic rings. The van der Waals surface area contributed by atoms with Crippen LogP contribution < -0.4 is 14.2 Å². The van der Waals surface area contributed by atoms with Gasteiger partial charge in [0.25, 0.3) is 0 Å². The lowest BCUT2D eigenvalue weighted by Gasteiger charge is -2.28. The quantitative estimate of drug-likeness (QED) is 0.438. The van der Waals surface area contributed by atoms with Crippen LogP contribution in [0.1, 0.15) is 84.8 Å². The lowest BCUT2D eigenvalue weighted by atomic mass is 9.83. The van der Waals surface area contributed by atoms with Crippen molar-refractivity contribution in [2.75, 3.05) is 14.2 Å². The van der Waals surface area contributed by atoms with Gasteiger partial charge in [-0.3, -0.25) is 9.59 Å². The van der Waals surface area contributed by atoms with Crippen LogP contribution in [0.2, 0.25) is 0 Å². The van der Waals surface area contributed by atoms with Gasteiger partial charge >= 0.3 is 11.9 Å². The zero-order valence-electron chi connectivity index (χ0n) is 21.4. The van der Waals surface area contributed by atoms with Crippen LogP contribution in [0, 0.1) is 0 Å². The van der Waals surface area contributed by atoms with Crippen molar-refractivity contribution in [3.63, 3.8) is 0 Å². The summed E-state index contributed by atoms with van der Waals surface area (Å²) in [6, 6.07) is 6.80. The number of aromatic hydroxyl groups is 1. The molecule has 0 radical (unpaired) electrons. The molecule has 37 heavy (non-hydrogen) atoms. The molecule has 0 saturated carbocycles. The van der Waals surface area contributed by atoms with E-state index >= 15 is 0 Å². The van der Waals surface area contributed by atoms with E-state index in [1.807, 2.05) is 6.08 Å². The molecule has 0 amide bonds. The Kier molecular flexibility index (Phi) is 8.16. The minimum atomic E-state index is -0.677. The third kappa shape index (κ3) is 5.79. The molecule has 2 atom stereocenters. The molecular formula is C29H32O8. The number of phenols is 1. The molecule has 196 valence electrons. The molecule has 4 rings (SSSR count). The van der Waals surface area contributed by atoms with Crippen molar-refractivity contribution in [1.82, 2.24) is 0 Å². The number of hydrogen-bond acceptors (Lipinski definition) is 8. The number of esters is 2. The molecule has 0 aromatic heterocycles. The van der Waals surface area contributed by atoms with E-state index < -0.39 is 24.0 Å². The van der Waals surface area contributed by atoms with Crippen molar-refractivity contribution in [3.05, 3.63) is 52.6 Å². The third-order valence-electron chi connectivity index (χ3n) is 6.79. The minimum Gasteiger partial charge on any atom is -0.507 e. The van der Waals surface area contributed by atoms with E-state index in [1.54, 1.807) is 37.3 Å². The molecule has 1 N–H and O–H groups in total. The molecule has 0 saturated heterocycles. The fourth-order valence-corrected chi connectivity index (χ4v) is 4.90. The van der Waals surface area contributed by atoms with Crippen LogP contribution in [0.5, 0.6) is 23.0 Å². The number of ketones is 1. The second-order valence-electron chi connectivity index (χ2n) is 9.38. The monoisotopic (exact) mass is 508 g/mol. The molecule has 2 aromatic carbocycles. The van der Waals surface area contributed by atoms with E-state index in [9.17, 15) is 19.5 Å². The second-order valence-corrected chi connectivity index (χ2v) is 9.38. The summed E-state index contributed by atoms with van der Waals surface area (Å²) >= 11 is 0. The van der Waals surface area contributed by atoms with Crippen molar-refractivity contribution in [3.8, 4) is 23.0 Å². The van der Waals surface area contributed by atoms with Crippen LogP contribution in [0.25, 0.3) is 6.08 Å². The maximum Gasteiger partial charge on any atom is 0.342 e. The first-order valence-electron chi connectivity index (χ1n) is 12.5. The number of carbonyl (C=O) groups excluding carboxylic acids is 3. The average molecular weight is 509 g/mol. The first kappa shape index (κ1) is 26.3. The molecule has 2 aliphatic heterocycles. The Bertz CT molecular complexity index is 1230. The number of ether oxygens (including phenoxy) is 4. The molecule has 2 heterocycles. The Labute approximate surface area is 216 Å². The fourth-order valence-electron chi connectivity index (χ4n) is 4.90. The Morgan fingerprint density at radius 3 is 2.57 bits per heavy atom. The largest absolute Gasteiger partial charge is 0.507 e. The topological polar surface area (TPSA) is 108 Å². The van der Waals surface area contributed by atoms with Gasteiger partial charge in [0.05, 0.1) is 26.7 Å². The predicted molar refractivity (Wildman–Crippen MR) is 136 cm³/mol. The molecule has 2 aromatic rings. The highest BCUT2D eigenvalue weighted by molar-refractivity contribution is 5.98. The van der Waals surface area contributed by atoms with Crippen LogP contribution >= 0.6 is 0 Å². The molecule has 0 aliphatic carbocycles. The number of carbonyl (C=O) groups is 3. The van der Waals surface area contributed by atoms with E-state index in [2.05, 4.69) is 0 Å². The number of Topliss-reactive ketones (excluding diaryl/α,β-unsaturated/α-hetero) is 1. The summed E-state index contributed by atoms with van der Waals surface area (Å²) in [6.45, 7) is 1.77. The summed E-state index contributed by atoms with van der Waals surface area (Å²) in [5.74, 6) is -0.643. The SMILES string of the molecule is COc1ccc(OC)c([C@H]2CC(=O)Oc3cc4c(c(O)c32)C(=O)O[C@H](C)CCCC(=O)CCCC=C4)c1. The van der Waals surface area contributed by atoms with E-state index in [-0.39, 0.29) is 29.3 Å². The molecule has 8 nitrogen and oxygen atoms in total. The van der Waals surface area contributed by atoms with Crippen molar-refractivity contribution >= 4 is 23.8 Å². The molecule has 0 bridgehead atoms. The van der Waals surface area contributed by atoms with Crippen LogP contribution in [-0.4, -0.2) is 43.2 Å². The van der Waals surface area contributed by atoms with Gasteiger partial charge < -0.3 is 24.1 Å². The maximum atomic E-state index is 13.4. The Balaban J connectivity index is 1.85. The van der Waals surface area contributed by atoms with Gasteiger partial charge in [0.15, 0.2) is 0 Å². The van der Waals surface area contributed by atoms with Crippen LogP contribution in [0.4, 0.5) is 0 Å². The second kappa shape index (κ2) is 11.5. The van der Waals surface area contributed by atoms with Crippen LogP contribution in [0.15, 0.2) is 30.3 Å². The maximum absolute atomic E-state index is 13.4. The average Bonchev–Trinajstić information content (AvgIpc) is 2.86. The number of hydrogen-bond donors (Lipinski definition) is 1. The van der Waals surface area contributed by atoms with Crippen molar-refractivity contribution < 1.29 is 38.4 Å². The van der Waals surface area contributed by atoms with E-state index in [4.69, 9.17) is 18.9 Å². The van der Waals surface area contributed by atoms with E-state index in [0.29, 0.717) is 66.7 Å². The van der Waals surface area contributed by atoms with Crippen LogP contribution in [0.3, 0.4) is 0 Å². The first-order chi connectivity index (χ1) is 17.8. The molecule has 0 spiro atoms.